The minimum atomic E-state index is 0.0741. The fourth-order valence-corrected chi connectivity index (χ4v) is 6.03. The molecule has 8 nitrogen and oxygen atoms in total. The standard InChI is InChI=1S/C26H33N5O2.C6H7N/c1-2-30-23-5-3-4-6-24(23)31(26(30)33)22-11-17-29(18-12-22)25(32)21-9-15-28(16-10-21)19-20-7-13-27-14-8-20;1-6-4-2-3-5-7-6/h3-8,13-14,21-22H,2,9-12,15-19H2,1H3;2-5H,1H3. The molecule has 0 bridgehead atoms. The number of carbonyl (C=O) groups is 1. The van der Waals surface area contributed by atoms with E-state index in [4.69, 9.17) is 0 Å². The van der Waals surface area contributed by atoms with E-state index in [1.54, 1.807) is 6.20 Å². The van der Waals surface area contributed by atoms with Crippen LogP contribution in [-0.4, -0.2) is 61.0 Å². The van der Waals surface area contributed by atoms with Crippen LogP contribution in [0.5, 0.6) is 0 Å². The van der Waals surface area contributed by atoms with Crippen molar-refractivity contribution in [3.8, 4) is 0 Å². The molecule has 0 spiro atoms. The Morgan fingerprint density at radius 3 is 2.12 bits per heavy atom. The third kappa shape index (κ3) is 6.33. The zero-order valence-corrected chi connectivity index (χ0v) is 23.7. The van der Waals surface area contributed by atoms with Crippen molar-refractivity contribution in [2.45, 2.75) is 58.7 Å². The molecule has 8 heteroatoms. The van der Waals surface area contributed by atoms with Crippen LogP contribution in [0.1, 0.15) is 49.9 Å². The molecule has 0 unspecified atom stereocenters. The first-order chi connectivity index (χ1) is 19.5. The number of hydrogen-bond donors (Lipinski definition) is 0. The summed E-state index contributed by atoms with van der Waals surface area (Å²) in [5, 5.41) is 0. The number of aryl methyl sites for hydroxylation is 2. The summed E-state index contributed by atoms with van der Waals surface area (Å²) in [4.78, 5) is 38.8. The van der Waals surface area contributed by atoms with E-state index >= 15 is 0 Å². The maximum absolute atomic E-state index is 13.2. The van der Waals surface area contributed by atoms with Gasteiger partial charge >= 0.3 is 5.69 Å². The zero-order valence-electron chi connectivity index (χ0n) is 23.7. The fraction of sp³-hybridized carbons (Fsp3) is 0.438. The lowest BCUT2D eigenvalue weighted by Crippen LogP contribution is -2.46. The van der Waals surface area contributed by atoms with Crippen LogP contribution in [0.4, 0.5) is 0 Å². The highest BCUT2D eigenvalue weighted by atomic mass is 16.2. The summed E-state index contributed by atoms with van der Waals surface area (Å²) < 4.78 is 3.82. The van der Waals surface area contributed by atoms with Gasteiger partial charge in [-0.2, -0.15) is 0 Å². The molecule has 4 aromatic rings. The number of para-hydroxylation sites is 2. The molecule has 2 saturated heterocycles. The van der Waals surface area contributed by atoms with Gasteiger partial charge in [-0.05, 0) is 94.6 Å². The molecule has 1 aromatic carbocycles. The lowest BCUT2D eigenvalue weighted by molar-refractivity contribution is -0.138. The van der Waals surface area contributed by atoms with Crippen molar-refractivity contribution in [2.75, 3.05) is 26.2 Å². The zero-order chi connectivity index (χ0) is 27.9. The molecule has 3 aromatic heterocycles. The average Bonchev–Trinajstić information content (AvgIpc) is 3.29. The number of benzene rings is 1. The molecule has 40 heavy (non-hydrogen) atoms. The Morgan fingerprint density at radius 1 is 0.850 bits per heavy atom. The molecule has 2 aliphatic rings. The molecule has 0 aliphatic carbocycles. The van der Waals surface area contributed by atoms with E-state index < -0.39 is 0 Å². The summed E-state index contributed by atoms with van der Waals surface area (Å²) in [7, 11) is 0. The molecular weight excluding hydrogens is 500 g/mol. The van der Waals surface area contributed by atoms with Crippen molar-refractivity contribution in [1.29, 1.82) is 0 Å². The molecule has 5 heterocycles. The summed E-state index contributed by atoms with van der Waals surface area (Å²) in [6.07, 6.45) is 8.98. The first kappa shape index (κ1) is 27.8. The highest BCUT2D eigenvalue weighted by molar-refractivity contribution is 5.79. The number of amides is 1. The molecule has 2 aliphatic heterocycles. The number of aromatic nitrogens is 4. The van der Waals surface area contributed by atoms with Gasteiger partial charge in [-0.1, -0.05) is 18.2 Å². The molecule has 0 N–H and O–H groups in total. The SMILES string of the molecule is CCn1c(=O)n(C2CCN(C(=O)C3CCN(Cc4ccncc4)CC3)CC2)c2ccccc21.Cc1ccccn1. The Labute approximate surface area is 236 Å². The molecule has 210 valence electrons. The van der Waals surface area contributed by atoms with Crippen LogP contribution in [-0.2, 0) is 17.9 Å². The van der Waals surface area contributed by atoms with E-state index in [9.17, 15) is 9.59 Å². The highest BCUT2D eigenvalue weighted by Gasteiger charge is 2.32. The van der Waals surface area contributed by atoms with Crippen molar-refractivity contribution < 1.29 is 4.79 Å². The van der Waals surface area contributed by atoms with Gasteiger partial charge in [0.1, 0.15) is 0 Å². The summed E-state index contributed by atoms with van der Waals surface area (Å²) in [6.45, 7) is 8.97. The summed E-state index contributed by atoms with van der Waals surface area (Å²) >= 11 is 0. The van der Waals surface area contributed by atoms with Crippen LogP contribution in [0.2, 0.25) is 0 Å². The number of rotatable bonds is 5. The number of hydrogen-bond acceptors (Lipinski definition) is 5. The van der Waals surface area contributed by atoms with Crippen LogP contribution in [0.15, 0.2) is 78.0 Å². The van der Waals surface area contributed by atoms with Gasteiger partial charge in [-0.25, -0.2) is 4.79 Å². The van der Waals surface area contributed by atoms with Crippen LogP contribution in [0, 0.1) is 12.8 Å². The predicted molar refractivity (Wildman–Crippen MR) is 158 cm³/mol. The van der Waals surface area contributed by atoms with Crippen LogP contribution in [0.3, 0.4) is 0 Å². The van der Waals surface area contributed by atoms with Crippen molar-refractivity contribution in [3.05, 3.63) is 94.9 Å². The Bertz CT molecular complexity index is 1430. The third-order valence-corrected chi connectivity index (χ3v) is 8.23. The Balaban J connectivity index is 0.000000403. The summed E-state index contributed by atoms with van der Waals surface area (Å²) in [6, 6.07) is 18.2. The van der Waals surface area contributed by atoms with Gasteiger partial charge in [0.25, 0.3) is 0 Å². The largest absolute Gasteiger partial charge is 0.342 e. The van der Waals surface area contributed by atoms with Gasteiger partial charge in [-0.3, -0.25) is 28.8 Å². The van der Waals surface area contributed by atoms with E-state index in [-0.39, 0.29) is 17.6 Å². The Kier molecular flexibility index (Phi) is 9.06. The molecule has 0 atom stereocenters. The Morgan fingerprint density at radius 2 is 1.52 bits per heavy atom. The second-order valence-corrected chi connectivity index (χ2v) is 10.8. The van der Waals surface area contributed by atoms with E-state index in [1.807, 2.05) is 82.7 Å². The second kappa shape index (κ2) is 13.0. The topological polar surface area (TPSA) is 76.3 Å². The van der Waals surface area contributed by atoms with E-state index in [0.717, 1.165) is 75.1 Å². The van der Waals surface area contributed by atoms with Crippen molar-refractivity contribution in [3.63, 3.8) is 0 Å². The van der Waals surface area contributed by atoms with Crippen LogP contribution in [0.25, 0.3) is 11.0 Å². The number of fused-ring (bicyclic) bond motifs is 1. The van der Waals surface area contributed by atoms with E-state index in [0.29, 0.717) is 12.5 Å². The fourth-order valence-electron chi connectivity index (χ4n) is 6.03. The maximum atomic E-state index is 13.2. The summed E-state index contributed by atoms with van der Waals surface area (Å²) in [5.74, 6) is 0.431. The van der Waals surface area contributed by atoms with Crippen molar-refractivity contribution in [1.82, 2.24) is 28.9 Å². The van der Waals surface area contributed by atoms with Crippen molar-refractivity contribution >= 4 is 16.9 Å². The van der Waals surface area contributed by atoms with Gasteiger partial charge in [-0.15, -0.1) is 0 Å². The minimum Gasteiger partial charge on any atom is -0.342 e. The third-order valence-electron chi connectivity index (χ3n) is 8.23. The number of carbonyl (C=O) groups excluding carboxylic acids is 1. The maximum Gasteiger partial charge on any atom is 0.329 e. The van der Waals surface area contributed by atoms with Gasteiger partial charge in [0.2, 0.25) is 5.91 Å². The minimum absolute atomic E-state index is 0.0741. The lowest BCUT2D eigenvalue weighted by Gasteiger charge is -2.37. The smallest absolute Gasteiger partial charge is 0.329 e. The van der Waals surface area contributed by atoms with Crippen molar-refractivity contribution in [2.24, 2.45) is 5.92 Å². The first-order valence-electron chi connectivity index (χ1n) is 14.5. The van der Waals surface area contributed by atoms with Gasteiger partial charge in [0.05, 0.1) is 11.0 Å². The van der Waals surface area contributed by atoms with E-state index in [2.05, 4.69) is 27.0 Å². The predicted octanol–water partition coefficient (Wildman–Crippen LogP) is 4.68. The molecule has 0 saturated carbocycles. The highest BCUT2D eigenvalue weighted by Crippen LogP contribution is 2.28. The monoisotopic (exact) mass is 540 g/mol. The summed E-state index contributed by atoms with van der Waals surface area (Å²) in [5.41, 5.74) is 4.43. The number of likely N-dealkylation sites (tertiary alicyclic amines) is 2. The van der Waals surface area contributed by atoms with Crippen LogP contribution < -0.4 is 5.69 Å². The molecule has 6 rings (SSSR count). The van der Waals surface area contributed by atoms with Crippen LogP contribution >= 0.6 is 0 Å². The average molecular weight is 541 g/mol. The lowest BCUT2D eigenvalue weighted by atomic mass is 9.93. The molecule has 0 radical (unpaired) electrons. The van der Waals surface area contributed by atoms with Gasteiger partial charge in [0, 0.05) is 62.4 Å². The second-order valence-electron chi connectivity index (χ2n) is 10.8. The molecule has 1 amide bonds. The van der Waals surface area contributed by atoms with Gasteiger partial charge < -0.3 is 4.90 Å². The Hall–Kier alpha value is -3.78. The van der Waals surface area contributed by atoms with E-state index in [1.165, 1.54) is 5.56 Å². The normalized spacial score (nSPS) is 17.0. The number of imidazole rings is 1. The number of nitrogens with zero attached hydrogens (tertiary/aromatic N) is 6. The quantitative estimate of drug-likeness (QED) is 0.367. The molecule has 2 fully saturated rings. The molecular formula is C32H40N6O2. The number of piperidine rings is 2. The number of pyridine rings is 2. The first-order valence-corrected chi connectivity index (χ1v) is 14.5. The van der Waals surface area contributed by atoms with Gasteiger partial charge in [0.15, 0.2) is 0 Å².